The van der Waals surface area contributed by atoms with Crippen LogP contribution in [0.3, 0.4) is 0 Å². The molecule has 37 heavy (non-hydrogen) atoms. The molecule has 0 aromatic rings. The molecule has 0 bridgehead atoms. The monoisotopic (exact) mass is 521 g/mol. The van der Waals surface area contributed by atoms with E-state index in [0.29, 0.717) is 42.9 Å². The molecule has 0 spiro atoms. The van der Waals surface area contributed by atoms with Crippen LogP contribution in [-0.2, 0) is 9.59 Å². The Morgan fingerprint density at radius 2 is 1.57 bits per heavy atom. The van der Waals surface area contributed by atoms with Crippen LogP contribution < -0.4 is 5.32 Å². The molecule has 7 nitrogen and oxygen atoms in total. The number of nitrogens with one attached hydrogen (secondary N) is 1. The highest BCUT2D eigenvalue weighted by atomic mass is 16.4. The van der Waals surface area contributed by atoms with E-state index < -0.39 is 24.2 Å². The summed E-state index contributed by atoms with van der Waals surface area (Å²) in [4.78, 5) is 24.3. The highest BCUT2D eigenvalue weighted by Gasteiger charge is 2.65. The third kappa shape index (κ3) is 4.98. The lowest BCUT2D eigenvalue weighted by Gasteiger charge is -2.63. The van der Waals surface area contributed by atoms with Crippen LogP contribution in [-0.4, -0.2) is 56.7 Å². The number of aliphatic hydroxyl groups excluding tert-OH is 3. The van der Waals surface area contributed by atoms with Crippen molar-refractivity contribution in [3.8, 4) is 0 Å². The quantitative estimate of drug-likeness (QED) is 0.329. The predicted molar refractivity (Wildman–Crippen MR) is 141 cm³/mol. The molecule has 4 fully saturated rings. The zero-order chi connectivity index (χ0) is 27.3. The molecule has 4 aliphatic carbocycles. The standard InChI is InChI=1S/C30H51NO6/c1-6-16(2)25(28(36)37)31-23(33)10-7-17(3)19-8-9-20-24-21(12-14-29(19,20)4)30(5)13-11-18(32)15-22(30)26(34)27(24)35/h16-22,24-27,32,34-35H,6-15H2,1-5H3,(H,31,33)(H,36,37)/t16-,17+,18+,19+,20-,21-,22-,24-,25-,26+,27-,29+,30+/m0/s1. The van der Waals surface area contributed by atoms with Crippen molar-refractivity contribution < 1.29 is 30.0 Å². The molecule has 7 heteroatoms. The molecule has 1 amide bonds. The normalized spacial score (nSPS) is 45.6. The van der Waals surface area contributed by atoms with Crippen molar-refractivity contribution in [1.29, 1.82) is 0 Å². The van der Waals surface area contributed by atoms with Gasteiger partial charge in [-0.25, -0.2) is 4.79 Å². The Morgan fingerprint density at radius 1 is 0.919 bits per heavy atom. The van der Waals surface area contributed by atoms with Gasteiger partial charge in [-0.15, -0.1) is 0 Å². The largest absolute Gasteiger partial charge is 0.480 e. The molecule has 4 aliphatic rings. The second-order valence-corrected chi connectivity index (χ2v) is 13.8. The van der Waals surface area contributed by atoms with Crippen LogP contribution in [0.25, 0.3) is 0 Å². The fourth-order valence-corrected chi connectivity index (χ4v) is 9.70. The molecule has 4 saturated carbocycles. The summed E-state index contributed by atoms with van der Waals surface area (Å²) in [5.74, 6) is 0.243. The Balaban J connectivity index is 1.43. The summed E-state index contributed by atoms with van der Waals surface area (Å²) in [5, 5.41) is 45.2. The van der Waals surface area contributed by atoms with Crippen molar-refractivity contribution in [3.05, 3.63) is 0 Å². The first-order valence-corrected chi connectivity index (χ1v) is 14.9. The molecular weight excluding hydrogens is 470 g/mol. The Kier molecular flexibility index (Phi) is 8.39. The Morgan fingerprint density at radius 3 is 2.22 bits per heavy atom. The Labute approximate surface area is 222 Å². The van der Waals surface area contributed by atoms with Gasteiger partial charge in [-0.3, -0.25) is 4.79 Å². The van der Waals surface area contributed by atoms with E-state index >= 15 is 0 Å². The highest BCUT2D eigenvalue weighted by Crippen LogP contribution is 2.68. The van der Waals surface area contributed by atoms with Crippen LogP contribution >= 0.6 is 0 Å². The molecule has 212 valence electrons. The Hall–Kier alpha value is -1.18. The van der Waals surface area contributed by atoms with Crippen molar-refractivity contribution in [1.82, 2.24) is 5.32 Å². The molecule has 0 aromatic heterocycles. The van der Waals surface area contributed by atoms with Gasteiger partial charge in [-0.2, -0.15) is 0 Å². The molecule has 0 aromatic carbocycles. The van der Waals surface area contributed by atoms with Gasteiger partial charge in [0.05, 0.1) is 18.3 Å². The average molecular weight is 522 g/mol. The van der Waals surface area contributed by atoms with Gasteiger partial charge < -0.3 is 25.7 Å². The topological polar surface area (TPSA) is 127 Å². The van der Waals surface area contributed by atoms with Crippen LogP contribution in [0.1, 0.15) is 98.8 Å². The van der Waals surface area contributed by atoms with Gasteiger partial charge in [0.15, 0.2) is 0 Å². The van der Waals surface area contributed by atoms with E-state index in [0.717, 1.165) is 44.9 Å². The minimum atomic E-state index is -0.977. The number of aliphatic carboxylic acids is 1. The summed E-state index contributed by atoms with van der Waals surface area (Å²) in [6, 6.07) is -0.846. The van der Waals surface area contributed by atoms with E-state index in [2.05, 4.69) is 26.1 Å². The summed E-state index contributed by atoms with van der Waals surface area (Å²) >= 11 is 0. The summed E-state index contributed by atoms with van der Waals surface area (Å²) in [7, 11) is 0. The first kappa shape index (κ1) is 28.8. The number of carboxylic acids is 1. The van der Waals surface area contributed by atoms with Crippen molar-refractivity contribution >= 4 is 11.9 Å². The predicted octanol–water partition coefficient (Wildman–Crippen LogP) is 3.98. The SMILES string of the molecule is CC[C@H](C)[C@H](NC(=O)CC[C@@H](C)[C@H]1CC[C@H]2[C@@H]3[C@H](O)[C@H](O)[C@@H]4C[C@H](O)CC[C@]4(C)[C@H]3CC[C@]12C)C(=O)O. The zero-order valence-electron chi connectivity index (χ0n) is 23.5. The molecule has 0 saturated heterocycles. The molecule has 4 rings (SSSR count). The summed E-state index contributed by atoms with van der Waals surface area (Å²) < 4.78 is 0. The highest BCUT2D eigenvalue weighted by molar-refractivity contribution is 5.83. The third-order valence-corrected chi connectivity index (χ3v) is 12.1. The minimum Gasteiger partial charge on any atom is -0.480 e. The number of hydrogen-bond acceptors (Lipinski definition) is 5. The molecule has 0 heterocycles. The number of carbonyl (C=O) groups is 2. The summed E-state index contributed by atoms with van der Waals surface area (Å²) in [6.07, 6.45) is 6.38. The summed E-state index contributed by atoms with van der Waals surface area (Å²) in [5.41, 5.74) is 0.0252. The number of rotatable bonds is 8. The number of carbonyl (C=O) groups excluding carboxylic acids is 1. The van der Waals surface area contributed by atoms with Gasteiger partial charge in [0.1, 0.15) is 6.04 Å². The maximum atomic E-state index is 12.7. The van der Waals surface area contributed by atoms with Crippen molar-refractivity contribution in [3.63, 3.8) is 0 Å². The fourth-order valence-electron chi connectivity index (χ4n) is 9.70. The maximum Gasteiger partial charge on any atom is 0.326 e. The number of amides is 1. The lowest BCUT2D eigenvalue weighted by Crippen LogP contribution is -2.64. The van der Waals surface area contributed by atoms with Crippen molar-refractivity contribution in [2.24, 2.45) is 52.3 Å². The number of fused-ring (bicyclic) bond motifs is 5. The van der Waals surface area contributed by atoms with Gasteiger partial charge in [0.25, 0.3) is 0 Å². The lowest BCUT2D eigenvalue weighted by molar-refractivity contribution is -0.223. The molecule has 0 radical (unpaired) electrons. The average Bonchev–Trinajstić information content (AvgIpc) is 3.21. The van der Waals surface area contributed by atoms with Gasteiger partial charge >= 0.3 is 5.97 Å². The maximum absolute atomic E-state index is 12.7. The second-order valence-electron chi connectivity index (χ2n) is 13.8. The number of carboxylic acid groups (broad SMARTS) is 1. The second kappa shape index (κ2) is 10.8. The van der Waals surface area contributed by atoms with Crippen LogP contribution in [0.2, 0.25) is 0 Å². The molecular formula is C30H51NO6. The first-order valence-electron chi connectivity index (χ1n) is 14.9. The fraction of sp³-hybridized carbons (Fsp3) is 0.933. The van der Waals surface area contributed by atoms with Gasteiger partial charge in [-0.1, -0.05) is 41.0 Å². The Bertz CT molecular complexity index is 850. The van der Waals surface area contributed by atoms with E-state index in [1.807, 2.05) is 13.8 Å². The van der Waals surface area contributed by atoms with E-state index in [9.17, 15) is 30.0 Å². The first-order chi connectivity index (χ1) is 17.3. The van der Waals surface area contributed by atoms with Gasteiger partial charge in [0, 0.05) is 6.42 Å². The number of aliphatic hydroxyl groups is 3. The van der Waals surface area contributed by atoms with E-state index in [4.69, 9.17) is 0 Å². The minimum absolute atomic E-state index is 0.0397. The van der Waals surface area contributed by atoms with Crippen molar-refractivity contribution in [2.45, 2.75) is 123 Å². The molecule has 0 aliphatic heterocycles. The zero-order valence-corrected chi connectivity index (χ0v) is 23.5. The van der Waals surface area contributed by atoms with Crippen molar-refractivity contribution in [2.75, 3.05) is 0 Å². The molecule has 5 N–H and O–H groups in total. The molecule has 0 unspecified atom stereocenters. The summed E-state index contributed by atoms with van der Waals surface area (Å²) in [6.45, 7) is 10.7. The van der Waals surface area contributed by atoms with Crippen LogP contribution in [0.5, 0.6) is 0 Å². The van der Waals surface area contributed by atoms with Gasteiger partial charge in [0.2, 0.25) is 5.91 Å². The van der Waals surface area contributed by atoms with E-state index in [-0.39, 0.29) is 40.6 Å². The number of hydrogen-bond donors (Lipinski definition) is 5. The van der Waals surface area contributed by atoms with Crippen LogP contribution in [0.4, 0.5) is 0 Å². The van der Waals surface area contributed by atoms with Crippen LogP contribution in [0.15, 0.2) is 0 Å². The van der Waals surface area contributed by atoms with E-state index in [1.165, 1.54) is 0 Å². The molecule has 13 atom stereocenters. The lowest BCUT2D eigenvalue weighted by atomic mass is 9.43. The smallest absolute Gasteiger partial charge is 0.326 e. The van der Waals surface area contributed by atoms with Gasteiger partial charge in [-0.05, 0) is 104 Å². The van der Waals surface area contributed by atoms with Crippen LogP contribution in [0, 0.1) is 52.3 Å². The van der Waals surface area contributed by atoms with E-state index in [1.54, 1.807) is 0 Å². The third-order valence-electron chi connectivity index (χ3n) is 12.1.